The minimum absolute atomic E-state index is 0.107. The lowest BCUT2D eigenvalue weighted by Crippen LogP contribution is -2.60. The van der Waals surface area contributed by atoms with Gasteiger partial charge in [0, 0.05) is 17.2 Å². The van der Waals surface area contributed by atoms with E-state index in [0.29, 0.717) is 23.4 Å². The van der Waals surface area contributed by atoms with Crippen LogP contribution in [0, 0.1) is 17.8 Å². The third-order valence-corrected chi connectivity index (χ3v) is 6.83. The molecule has 1 aromatic heterocycles. The Morgan fingerprint density at radius 2 is 1.73 bits per heavy atom. The van der Waals surface area contributed by atoms with Crippen molar-refractivity contribution in [3.63, 3.8) is 0 Å². The van der Waals surface area contributed by atoms with Crippen molar-refractivity contribution in [3.05, 3.63) is 17.5 Å². The summed E-state index contributed by atoms with van der Waals surface area (Å²) in [6.45, 7) is -0.107. The van der Waals surface area contributed by atoms with Crippen LogP contribution in [-0.2, 0) is 17.5 Å². The average molecular weight is 367 g/mol. The predicted molar refractivity (Wildman–Crippen MR) is 88.2 cm³/mol. The number of carbonyl (C=O) groups excluding carboxylic acids is 1. The van der Waals surface area contributed by atoms with E-state index in [-0.39, 0.29) is 23.9 Å². The van der Waals surface area contributed by atoms with Gasteiger partial charge in [-0.25, -0.2) is 0 Å². The Morgan fingerprint density at radius 1 is 1.15 bits per heavy atom. The van der Waals surface area contributed by atoms with Crippen LogP contribution in [0.5, 0.6) is 0 Å². The molecule has 5 aliphatic rings. The van der Waals surface area contributed by atoms with Crippen molar-refractivity contribution >= 4 is 5.91 Å². The number of nitrogens with one attached hydrogen (secondary N) is 1. The molecular weight excluding hydrogens is 343 g/mol. The van der Waals surface area contributed by atoms with Gasteiger partial charge in [-0.05, 0) is 75.2 Å². The number of alkyl halides is 3. The van der Waals surface area contributed by atoms with E-state index in [4.69, 9.17) is 0 Å². The van der Waals surface area contributed by atoms with Crippen molar-refractivity contribution < 1.29 is 18.0 Å². The number of rotatable bonds is 4. The summed E-state index contributed by atoms with van der Waals surface area (Å²) in [4.78, 5) is 12.7. The quantitative estimate of drug-likeness (QED) is 0.878. The Bertz CT molecular complexity index is 700. The molecule has 5 fully saturated rings. The second kappa shape index (κ2) is 5.49. The number of halogens is 3. The highest BCUT2D eigenvalue weighted by atomic mass is 19.4. The molecule has 5 saturated carbocycles. The van der Waals surface area contributed by atoms with E-state index in [2.05, 4.69) is 10.4 Å². The van der Waals surface area contributed by atoms with E-state index in [1.54, 1.807) is 0 Å². The van der Waals surface area contributed by atoms with Crippen LogP contribution < -0.4 is 5.32 Å². The van der Waals surface area contributed by atoms with Crippen molar-refractivity contribution in [3.8, 4) is 0 Å². The molecule has 0 unspecified atom stereocenters. The van der Waals surface area contributed by atoms with Crippen LogP contribution in [0.15, 0.2) is 6.07 Å². The Kier molecular flexibility index (Phi) is 3.51. The molecule has 1 amide bonds. The molecule has 26 heavy (non-hydrogen) atoms. The molecule has 4 bridgehead atoms. The minimum Gasteiger partial charge on any atom is -0.349 e. The maximum absolute atomic E-state index is 13.0. The first-order valence-electron chi connectivity index (χ1n) is 9.76. The standard InChI is InChI=1S/C19H24F3N3O/c20-19(21,22)16-6-15(14-1-2-14)25(24-16)10-17(26)23-18-7-11-3-12(8-18)5-13(4-11)9-18/h6,11-14H,1-5,7-10H2,(H,23,26). The largest absolute Gasteiger partial charge is 0.435 e. The summed E-state index contributed by atoms with van der Waals surface area (Å²) in [5.74, 6) is 2.07. The Hall–Kier alpha value is -1.53. The monoisotopic (exact) mass is 367 g/mol. The predicted octanol–water partition coefficient (Wildman–Crippen LogP) is 3.86. The maximum Gasteiger partial charge on any atom is 0.435 e. The lowest BCUT2D eigenvalue weighted by molar-refractivity contribution is -0.142. The zero-order valence-corrected chi connectivity index (χ0v) is 14.7. The number of nitrogens with zero attached hydrogens (tertiary/aromatic N) is 2. The topological polar surface area (TPSA) is 46.9 Å². The van der Waals surface area contributed by atoms with Crippen LogP contribution in [-0.4, -0.2) is 21.2 Å². The number of hydrogen-bond acceptors (Lipinski definition) is 2. The summed E-state index contributed by atoms with van der Waals surface area (Å²) in [6.07, 6.45) is 4.25. The number of amides is 1. The maximum atomic E-state index is 13.0. The van der Waals surface area contributed by atoms with Crippen molar-refractivity contribution in [2.45, 2.75) is 75.5 Å². The SMILES string of the molecule is O=C(Cn1nc(C(F)(F)F)cc1C1CC1)NC12CC3CC(CC(C3)C1)C2. The van der Waals surface area contributed by atoms with Gasteiger partial charge in [0.15, 0.2) is 5.69 Å². The van der Waals surface area contributed by atoms with Gasteiger partial charge >= 0.3 is 6.18 Å². The third kappa shape index (κ3) is 2.93. The van der Waals surface area contributed by atoms with Crippen molar-refractivity contribution in [1.82, 2.24) is 15.1 Å². The summed E-state index contributed by atoms with van der Waals surface area (Å²) < 4.78 is 40.3. The lowest BCUT2D eigenvalue weighted by Gasteiger charge is -2.56. The molecule has 0 atom stereocenters. The number of hydrogen-bond donors (Lipinski definition) is 1. The fraction of sp³-hybridized carbons (Fsp3) is 0.789. The third-order valence-electron chi connectivity index (χ3n) is 6.83. The summed E-state index contributed by atoms with van der Waals surface area (Å²) in [7, 11) is 0. The molecule has 0 saturated heterocycles. The molecule has 0 radical (unpaired) electrons. The molecule has 5 aliphatic carbocycles. The first kappa shape index (κ1) is 16.6. The summed E-state index contributed by atoms with van der Waals surface area (Å²) in [6, 6.07) is 1.12. The smallest absolute Gasteiger partial charge is 0.349 e. The van der Waals surface area contributed by atoms with Crippen LogP contribution in [0.4, 0.5) is 13.2 Å². The van der Waals surface area contributed by atoms with Crippen molar-refractivity contribution in [2.75, 3.05) is 0 Å². The second-order valence-corrected chi connectivity index (χ2v) is 9.13. The molecule has 1 N–H and O–H groups in total. The Labute approximate surface area is 150 Å². The van der Waals surface area contributed by atoms with E-state index in [1.165, 1.54) is 23.9 Å². The van der Waals surface area contributed by atoms with Gasteiger partial charge in [0.1, 0.15) is 6.54 Å². The van der Waals surface area contributed by atoms with E-state index in [0.717, 1.165) is 38.2 Å². The van der Waals surface area contributed by atoms with Crippen LogP contribution in [0.1, 0.15) is 68.7 Å². The van der Waals surface area contributed by atoms with Gasteiger partial charge in [-0.3, -0.25) is 9.48 Å². The summed E-state index contributed by atoms with van der Waals surface area (Å²) >= 11 is 0. The Balaban J connectivity index is 1.32. The average Bonchev–Trinajstić information content (AvgIpc) is 3.25. The van der Waals surface area contributed by atoms with Gasteiger partial charge in [0.05, 0.1) is 0 Å². The number of aromatic nitrogens is 2. The van der Waals surface area contributed by atoms with Crippen LogP contribution in [0.2, 0.25) is 0 Å². The molecule has 7 heteroatoms. The lowest BCUT2D eigenvalue weighted by atomic mass is 9.53. The zero-order chi connectivity index (χ0) is 18.1. The van der Waals surface area contributed by atoms with E-state index >= 15 is 0 Å². The summed E-state index contributed by atoms with van der Waals surface area (Å²) in [5.41, 5.74) is -0.453. The fourth-order valence-corrected chi connectivity index (χ4v) is 6.14. The molecule has 4 nitrogen and oxygen atoms in total. The molecule has 0 spiro atoms. The van der Waals surface area contributed by atoms with Gasteiger partial charge in [0.25, 0.3) is 0 Å². The molecule has 0 aromatic carbocycles. The molecule has 6 rings (SSSR count). The minimum atomic E-state index is -4.47. The highest BCUT2D eigenvalue weighted by Crippen LogP contribution is 2.55. The van der Waals surface area contributed by atoms with Gasteiger partial charge in [-0.1, -0.05) is 0 Å². The van der Waals surface area contributed by atoms with Gasteiger partial charge in [0.2, 0.25) is 5.91 Å². The first-order valence-corrected chi connectivity index (χ1v) is 9.76. The molecular formula is C19H24F3N3O. The number of carbonyl (C=O) groups is 1. The highest BCUT2D eigenvalue weighted by Gasteiger charge is 2.51. The highest BCUT2D eigenvalue weighted by molar-refractivity contribution is 5.76. The second-order valence-electron chi connectivity index (χ2n) is 9.13. The zero-order valence-electron chi connectivity index (χ0n) is 14.7. The van der Waals surface area contributed by atoms with Gasteiger partial charge in [-0.2, -0.15) is 18.3 Å². The van der Waals surface area contributed by atoms with Gasteiger partial charge < -0.3 is 5.32 Å². The molecule has 1 aromatic rings. The molecule has 1 heterocycles. The van der Waals surface area contributed by atoms with Crippen LogP contribution in [0.25, 0.3) is 0 Å². The van der Waals surface area contributed by atoms with E-state index < -0.39 is 11.9 Å². The Morgan fingerprint density at radius 3 is 2.23 bits per heavy atom. The first-order chi connectivity index (χ1) is 12.3. The van der Waals surface area contributed by atoms with Crippen molar-refractivity contribution in [1.29, 1.82) is 0 Å². The van der Waals surface area contributed by atoms with E-state index in [9.17, 15) is 18.0 Å². The van der Waals surface area contributed by atoms with Crippen LogP contribution in [0.3, 0.4) is 0 Å². The molecule has 142 valence electrons. The summed E-state index contributed by atoms with van der Waals surface area (Å²) in [5, 5.41) is 6.93. The van der Waals surface area contributed by atoms with Crippen LogP contribution >= 0.6 is 0 Å². The fourth-order valence-electron chi connectivity index (χ4n) is 6.14. The van der Waals surface area contributed by atoms with Gasteiger partial charge in [-0.15, -0.1) is 0 Å². The van der Waals surface area contributed by atoms with Crippen molar-refractivity contribution in [2.24, 2.45) is 17.8 Å². The normalized spacial score (nSPS) is 35.7. The molecule has 0 aliphatic heterocycles. The van der Waals surface area contributed by atoms with E-state index in [1.807, 2.05) is 0 Å².